The fourth-order valence-corrected chi connectivity index (χ4v) is 6.67. The second-order valence-electron chi connectivity index (χ2n) is 6.06. The van der Waals surface area contributed by atoms with Gasteiger partial charge in [0, 0.05) is 14.3 Å². The number of hydrogen-bond donors (Lipinski definition) is 2. The third-order valence-corrected chi connectivity index (χ3v) is 12.2. The quantitative estimate of drug-likeness (QED) is 0.0765. The molecule has 0 spiro atoms. The van der Waals surface area contributed by atoms with E-state index in [9.17, 15) is 45.5 Å². The van der Waals surface area contributed by atoms with Crippen LogP contribution < -0.4 is 4.74 Å². The summed E-state index contributed by atoms with van der Waals surface area (Å²) < 4.78 is 96.8. The first-order valence-electron chi connectivity index (χ1n) is 8.32. The van der Waals surface area contributed by atoms with E-state index in [4.69, 9.17) is 9.29 Å². The van der Waals surface area contributed by atoms with Crippen molar-refractivity contribution in [1.29, 1.82) is 0 Å². The second-order valence-corrected chi connectivity index (χ2v) is 11.7. The molecule has 0 aliphatic carbocycles. The summed E-state index contributed by atoms with van der Waals surface area (Å²) in [5.41, 5.74) is -0.649. The summed E-state index contributed by atoms with van der Waals surface area (Å²) in [6.45, 7) is -0.788. The lowest BCUT2D eigenvalue weighted by Crippen LogP contribution is -2.20. The molecular formula is C17H6F4I4O9S. The van der Waals surface area contributed by atoms with Crippen molar-refractivity contribution in [1.82, 2.24) is 0 Å². The fourth-order valence-electron chi connectivity index (χ4n) is 2.40. The van der Waals surface area contributed by atoms with Crippen molar-refractivity contribution in [3.63, 3.8) is 0 Å². The molecule has 18 heteroatoms. The Labute approximate surface area is 247 Å². The van der Waals surface area contributed by atoms with Crippen LogP contribution in [0.5, 0.6) is 5.75 Å². The number of ether oxygens (including phenoxy) is 2. The number of rotatable bonds is 7. The van der Waals surface area contributed by atoms with Gasteiger partial charge in [0.1, 0.15) is 6.61 Å². The molecule has 35 heavy (non-hydrogen) atoms. The van der Waals surface area contributed by atoms with Crippen molar-refractivity contribution in [2.45, 2.75) is 11.3 Å². The van der Waals surface area contributed by atoms with Crippen molar-refractivity contribution in [3.8, 4) is 5.75 Å². The van der Waals surface area contributed by atoms with Gasteiger partial charge >= 0.3 is 28.0 Å². The average molecular weight is 970 g/mol. The van der Waals surface area contributed by atoms with Crippen LogP contribution in [0.2, 0.25) is 0 Å². The minimum atomic E-state index is -5.70. The Hall–Kier alpha value is -0.600. The lowest BCUT2D eigenvalue weighted by Gasteiger charge is -2.14. The summed E-state index contributed by atoms with van der Waals surface area (Å²) >= 11 is 7.26. The molecule has 0 fully saturated rings. The van der Waals surface area contributed by atoms with Crippen LogP contribution >= 0.6 is 90.4 Å². The van der Waals surface area contributed by atoms with E-state index in [1.807, 2.05) is 45.2 Å². The molecule has 0 unspecified atom stereocenters. The topological polar surface area (TPSA) is 144 Å². The first-order chi connectivity index (χ1) is 16.0. The Morgan fingerprint density at radius 3 is 1.69 bits per heavy atom. The lowest BCUT2D eigenvalue weighted by atomic mass is 10.1. The van der Waals surface area contributed by atoms with E-state index in [1.54, 1.807) is 45.2 Å². The molecular weight excluding hydrogens is 964 g/mol. The monoisotopic (exact) mass is 970 g/mol. The predicted molar refractivity (Wildman–Crippen MR) is 141 cm³/mol. The van der Waals surface area contributed by atoms with Crippen LogP contribution in [0.15, 0.2) is 4.90 Å². The normalized spacial score (nSPS) is 11.3. The number of carbonyl (C=O) groups is 3. The van der Waals surface area contributed by atoms with Crippen molar-refractivity contribution >= 4 is 118 Å². The van der Waals surface area contributed by atoms with Crippen LogP contribution in [0.25, 0.3) is 0 Å². The van der Waals surface area contributed by atoms with Crippen LogP contribution in [-0.2, 0) is 19.6 Å². The van der Waals surface area contributed by atoms with Gasteiger partial charge in [-0.3, -0.25) is 9.35 Å². The number of carboxylic acids is 1. The third kappa shape index (κ3) is 6.46. The maximum Gasteiger partial charge on any atom is 0.340 e. The van der Waals surface area contributed by atoms with E-state index >= 15 is 0 Å². The van der Waals surface area contributed by atoms with Crippen molar-refractivity contribution in [2.75, 3.05) is 6.61 Å². The molecule has 0 aliphatic heterocycles. The van der Waals surface area contributed by atoms with Gasteiger partial charge in [0.15, 0.2) is 16.5 Å². The van der Waals surface area contributed by atoms with Gasteiger partial charge in [0.25, 0.3) is 0 Å². The van der Waals surface area contributed by atoms with Crippen LogP contribution in [0.3, 0.4) is 0 Å². The van der Waals surface area contributed by atoms with Gasteiger partial charge in [-0.2, -0.15) is 17.2 Å². The summed E-state index contributed by atoms with van der Waals surface area (Å²) in [4.78, 5) is 33.8. The number of carbonyl (C=O) groups excluding carboxylic acids is 2. The summed E-state index contributed by atoms with van der Waals surface area (Å²) in [6.07, 6.45) is -0.897. The Morgan fingerprint density at radius 1 is 0.800 bits per heavy atom. The van der Waals surface area contributed by atoms with E-state index in [-0.39, 0.29) is 18.3 Å². The molecule has 0 saturated heterocycles. The molecule has 0 heterocycles. The van der Waals surface area contributed by atoms with E-state index in [1.165, 1.54) is 0 Å². The standard InChI is InChI=1S/C17H6F4I4O9S/c18-6-8(20)15(35(30,31)32)9(21)7(19)14(6)34-3(26)1-2-33-17(29)5-4(16(27)28)10(22)12(24)13(25)11(5)23/h1-2H2,(H,27,28)(H,30,31,32). The first kappa shape index (κ1) is 30.6. The molecule has 190 valence electrons. The van der Waals surface area contributed by atoms with Crippen LogP contribution in [0.4, 0.5) is 17.6 Å². The number of carboxylic acid groups (broad SMARTS) is 1. The SMILES string of the molecule is O=C(CCOC(=O)c1c(I)c(I)c(I)c(I)c1C(=O)O)Oc1c(F)c(F)c(S(=O)(=O)O)c(F)c1F. The Kier molecular flexibility index (Phi) is 10.4. The van der Waals surface area contributed by atoms with Gasteiger partial charge in [-0.25, -0.2) is 18.4 Å². The highest BCUT2D eigenvalue weighted by Crippen LogP contribution is 2.34. The van der Waals surface area contributed by atoms with Crippen molar-refractivity contribution < 1.29 is 59.5 Å². The summed E-state index contributed by atoms with van der Waals surface area (Å²) in [5, 5.41) is 9.50. The minimum Gasteiger partial charge on any atom is -0.478 e. The molecule has 0 saturated carbocycles. The second kappa shape index (κ2) is 11.8. The maximum absolute atomic E-state index is 14.0. The molecule has 2 aromatic rings. The summed E-state index contributed by atoms with van der Waals surface area (Å²) in [5.74, 6) is -15.9. The van der Waals surface area contributed by atoms with E-state index in [0.717, 1.165) is 0 Å². The fraction of sp³-hybridized carbons (Fsp3) is 0.118. The van der Waals surface area contributed by atoms with E-state index < -0.39 is 75.0 Å². The number of esters is 2. The molecule has 2 aromatic carbocycles. The minimum absolute atomic E-state index is 0.256. The molecule has 9 nitrogen and oxygen atoms in total. The van der Waals surface area contributed by atoms with Crippen molar-refractivity contribution in [3.05, 3.63) is 48.7 Å². The highest BCUT2D eigenvalue weighted by atomic mass is 127. The third-order valence-electron chi connectivity index (χ3n) is 3.88. The zero-order chi connectivity index (χ0) is 27.0. The molecule has 0 bridgehead atoms. The molecule has 0 aromatic heterocycles. The molecule has 0 aliphatic rings. The van der Waals surface area contributed by atoms with Crippen LogP contribution in [-0.4, -0.2) is 42.6 Å². The predicted octanol–water partition coefficient (Wildman–Crippen LogP) is 4.76. The van der Waals surface area contributed by atoms with E-state index in [2.05, 4.69) is 4.74 Å². The summed E-state index contributed by atoms with van der Waals surface area (Å²) in [6, 6.07) is 0. The first-order valence-corrected chi connectivity index (χ1v) is 14.1. The van der Waals surface area contributed by atoms with Gasteiger partial charge in [0.2, 0.25) is 17.4 Å². The van der Waals surface area contributed by atoms with Gasteiger partial charge < -0.3 is 14.6 Å². The molecule has 2 N–H and O–H groups in total. The van der Waals surface area contributed by atoms with Crippen molar-refractivity contribution in [2.24, 2.45) is 0 Å². The number of hydrogen-bond acceptors (Lipinski definition) is 7. The zero-order valence-electron chi connectivity index (χ0n) is 16.1. The average Bonchev–Trinajstić information content (AvgIpc) is 2.74. The lowest BCUT2D eigenvalue weighted by molar-refractivity contribution is -0.135. The number of aromatic carboxylic acids is 1. The van der Waals surface area contributed by atoms with Gasteiger partial charge in [-0.1, -0.05) is 0 Å². The largest absolute Gasteiger partial charge is 0.478 e. The number of halogens is 8. The molecule has 2 rings (SSSR count). The highest BCUT2D eigenvalue weighted by molar-refractivity contribution is 14.1. The van der Waals surface area contributed by atoms with E-state index in [0.29, 0.717) is 7.14 Å². The Balaban J connectivity index is 2.23. The molecule has 0 radical (unpaired) electrons. The van der Waals surface area contributed by atoms with Crippen LogP contribution in [0, 0.1) is 37.5 Å². The smallest absolute Gasteiger partial charge is 0.340 e. The van der Waals surface area contributed by atoms with Crippen LogP contribution in [0.1, 0.15) is 27.1 Å². The molecule has 0 amide bonds. The Bertz CT molecular complexity index is 1350. The Morgan fingerprint density at radius 2 is 1.26 bits per heavy atom. The molecule has 0 atom stereocenters. The van der Waals surface area contributed by atoms with Gasteiger partial charge in [-0.05, 0) is 90.4 Å². The van der Waals surface area contributed by atoms with Gasteiger partial charge in [0.05, 0.1) is 17.5 Å². The van der Waals surface area contributed by atoms with Gasteiger partial charge in [-0.15, -0.1) is 0 Å². The maximum atomic E-state index is 14.0. The number of benzene rings is 2. The highest BCUT2D eigenvalue weighted by Gasteiger charge is 2.34. The zero-order valence-corrected chi connectivity index (χ0v) is 25.5. The summed E-state index contributed by atoms with van der Waals surface area (Å²) in [7, 11) is -5.70.